The Bertz CT molecular complexity index is 387. The summed E-state index contributed by atoms with van der Waals surface area (Å²) in [6.07, 6.45) is -4.84. The third-order valence-corrected chi connectivity index (χ3v) is 1.78. The van der Waals surface area contributed by atoms with Gasteiger partial charge in [-0.2, -0.15) is 0 Å². The fourth-order valence-electron chi connectivity index (χ4n) is 1.01. The van der Waals surface area contributed by atoms with Gasteiger partial charge in [0.25, 0.3) is 5.24 Å². The summed E-state index contributed by atoms with van der Waals surface area (Å²) in [5.41, 5.74) is 0.322. The molecule has 0 aliphatic heterocycles. The van der Waals surface area contributed by atoms with Gasteiger partial charge in [0.1, 0.15) is 5.75 Å². The molecule has 82 valence electrons. The molecule has 0 fully saturated rings. The molecule has 0 atom stereocenters. The Morgan fingerprint density at radius 1 is 1.40 bits per heavy atom. The van der Waals surface area contributed by atoms with Gasteiger partial charge in [-0.05, 0) is 30.7 Å². The molecule has 0 saturated heterocycles. The Morgan fingerprint density at radius 2 is 2.00 bits per heavy atom. The minimum Gasteiger partial charge on any atom is -0.405 e. The zero-order chi connectivity index (χ0) is 11.6. The highest BCUT2D eigenvalue weighted by Crippen LogP contribution is 2.28. The van der Waals surface area contributed by atoms with Crippen molar-refractivity contribution in [3.05, 3.63) is 29.3 Å². The van der Waals surface area contributed by atoms with Crippen molar-refractivity contribution in [2.75, 3.05) is 0 Å². The van der Waals surface area contributed by atoms with Gasteiger partial charge in [0, 0.05) is 0 Å². The lowest BCUT2D eigenvalue weighted by Crippen LogP contribution is -2.18. The number of ether oxygens (including phenoxy) is 1. The van der Waals surface area contributed by atoms with Crippen LogP contribution in [0.5, 0.6) is 5.75 Å². The smallest absolute Gasteiger partial charge is 0.405 e. The number of carbonyl (C=O) groups excluding carboxylic acids is 1. The zero-order valence-corrected chi connectivity index (χ0v) is 8.32. The van der Waals surface area contributed by atoms with Crippen LogP contribution < -0.4 is 4.74 Å². The molecule has 0 bridgehead atoms. The highest BCUT2D eigenvalue weighted by molar-refractivity contribution is 6.68. The summed E-state index contributed by atoms with van der Waals surface area (Å²) in [5.74, 6) is -0.590. The maximum absolute atomic E-state index is 11.9. The van der Waals surface area contributed by atoms with Gasteiger partial charge in [-0.15, -0.1) is 13.2 Å². The molecule has 1 aromatic rings. The molecule has 15 heavy (non-hydrogen) atoms. The number of alkyl halides is 3. The Morgan fingerprint density at radius 3 is 2.47 bits per heavy atom. The Labute approximate surface area is 88.6 Å². The zero-order valence-electron chi connectivity index (χ0n) is 7.56. The molecule has 0 aliphatic carbocycles. The van der Waals surface area contributed by atoms with E-state index in [1.165, 1.54) is 12.1 Å². The molecule has 0 aromatic heterocycles. The predicted molar refractivity (Wildman–Crippen MR) is 48.0 cm³/mol. The van der Waals surface area contributed by atoms with E-state index in [0.29, 0.717) is 5.56 Å². The second kappa shape index (κ2) is 4.10. The van der Waals surface area contributed by atoms with Crippen LogP contribution in [-0.4, -0.2) is 11.6 Å². The van der Waals surface area contributed by atoms with E-state index in [2.05, 4.69) is 4.74 Å². The molecule has 2 nitrogen and oxygen atoms in total. The fraction of sp³-hybridized carbons (Fsp3) is 0.222. The van der Waals surface area contributed by atoms with Crippen LogP contribution in [0.4, 0.5) is 13.2 Å². The lowest BCUT2D eigenvalue weighted by Gasteiger charge is -2.11. The molecule has 0 radical (unpaired) electrons. The van der Waals surface area contributed by atoms with E-state index in [-0.39, 0.29) is 5.56 Å². The molecule has 0 unspecified atom stereocenters. The molecular formula is C9H6ClF3O2. The first-order valence-electron chi connectivity index (χ1n) is 3.86. The third-order valence-electron chi connectivity index (χ3n) is 1.57. The van der Waals surface area contributed by atoms with E-state index in [0.717, 1.165) is 6.07 Å². The Kier molecular flexibility index (Phi) is 3.24. The van der Waals surface area contributed by atoms with E-state index in [9.17, 15) is 18.0 Å². The van der Waals surface area contributed by atoms with E-state index >= 15 is 0 Å². The predicted octanol–water partition coefficient (Wildman–Crippen LogP) is 3.27. The van der Waals surface area contributed by atoms with Gasteiger partial charge in [0.15, 0.2) is 0 Å². The van der Waals surface area contributed by atoms with Gasteiger partial charge >= 0.3 is 6.36 Å². The third kappa shape index (κ3) is 3.43. The lowest BCUT2D eigenvalue weighted by atomic mass is 10.1. The molecule has 0 saturated carbocycles. The fourth-order valence-corrected chi connectivity index (χ4v) is 1.16. The van der Waals surface area contributed by atoms with Crippen LogP contribution in [-0.2, 0) is 0 Å². The van der Waals surface area contributed by atoms with Crippen LogP contribution >= 0.6 is 11.6 Å². The minimum atomic E-state index is -4.84. The van der Waals surface area contributed by atoms with Crippen LogP contribution in [0.3, 0.4) is 0 Å². The van der Waals surface area contributed by atoms with Crippen LogP contribution in [0.2, 0.25) is 0 Å². The number of carbonyl (C=O) groups is 1. The molecule has 1 rings (SSSR count). The molecule has 0 amide bonds. The van der Waals surface area contributed by atoms with Crippen molar-refractivity contribution in [1.29, 1.82) is 0 Å². The largest absolute Gasteiger partial charge is 0.573 e. The molecule has 0 heterocycles. The van der Waals surface area contributed by atoms with Gasteiger partial charge < -0.3 is 4.74 Å². The van der Waals surface area contributed by atoms with Crippen LogP contribution in [0.15, 0.2) is 18.2 Å². The lowest BCUT2D eigenvalue weighted by molar-refractivity contribution is -0.274. The van der Waals surface area contributed by atoms with Crippen molar-refractivity contribution in [1.82, 2.24) is 0 Å². The van der Waals surface area contributed by atoms with E-state index in [1.807, 2.05) is 0 Å². The quantitative estimate of drug-likeness (QED) is 0.739. The SMILES string of the molecule is Cc1ccc(OC(F)(F)F)c(C(=O)Cl)c1. The summed E-state index contributed by atoms with van der Waals surface area (Å²) in [6, 6.07) is 3.68. The number of aryl methyl sites for hydroxylation is 1. The summed E-state index contributed by atoms with van der Waals surface area (Å²) < 4.78 is 39.4. The van der Waals surface area contributed by atoms with Crippen molar-refractivity contribution in [3.63, 3.8) is 0 Å². The molecule has 0 aliphatic rings. The maximum Gasteiger partial charge on any atom is 0.573 e. The maximum atomic E-state index is 11.9. The van der Waals surface area contributed by atoms with Gasteiger partial charge in [-0.3, -0.25) is 4.79 Å². The monoisotopic (exact) mass is 238 g/mol. The highest BCUT2D eigenvalue weighted by Gasteiger charge is 2.32. The highest BCUT2D eigenvalue weighted by atomic mass is 35.5. The van der Waals surface area contributed by atoms with Crippen LogP contribution in [0.25, 0.3) is 0 Å². The molecule has 0 spiro atoms. The minimum absolute atomic E-state index is 0.297. The van der Waals surface area contributed by atoms with E-state index in [1.54, 1.807) is 6.92 Å². The Hall–Kier alpha value is -1.23. The molecule has 6 heteroatoms. The van der Waals surface area contributed by atoms with E-state index < -0.39 is 17.4 Å². The van der Waals surface area contributed by atoms with Gasteiger partial charge in [0.2, 0.25) is 0 Å². The normalized spacial score (nSPS) is 11.3. The summed E-state index contributed by atoms with van der Waals surface area (Å²) >= 11 is 5.12. The van der Waals surface area contributed by atoms with Crippen molar-refractivity contribution < 1.29 is 22.7 Å². The second-order valence-electron chi connectivity index (χ2n) is 2.82. The van der Waals surface area contributed by atoms with Crippen molar-refractivity contribution in [2.45, 2.75) is 13.3 Å². The van der Waals surface area contributed by atoms with Crippen LogP contribution in [0.1, 0.15) is 15.9 Å². The average Bonchev–Trinajstić information content (AvgIpc) is 2.05. The first-order valence-corrected chi connectivity index (χ1v) is 4.23. The summed E-state index contributed by atoms with van der Waals surface area (Å²) in [4.78, 5) is 10.8. The van der Waals surface area contributed by atoms with E-state index in [4.69, 9.17) is 11.6 Å². The first kappa shape index (κ1) is 11.8. The Balaban J connectivity index is 3.12. The first-order chi connectivity index (χ1) is 6.79. The number of hydrogen-bond acceptors (Lipinski definition) is 2. The number of benzene rings is 1. The van der Waals surface area contributed by atoms with Gasteiger partial charge in [-0.1, -0.05) is 11.6 Å². The molecule has 1 aromatic carbocycles. The summed E-state index contributed by atoms with van der Waals surface area (Å²) in [7, 11) is 0. The van der Waals surface area contributed by atoms with Gasteiger partial charge in [-0.25, -0.2) is 0 Å². The van der Waals surface area contributed by atoms with Crippen molar-refractivity contribution in [2.24, 2.45) is 0 Å². The van der Waals surface area contributed by atoms with Crippen molar-refractivity contribution in [3.8, 4) is 5.75 Å². The number of hydrogen-bond donors (Lipinski definition) is 0. The average molecular weight is 239 g/mol. The molecular weight excluding hydrogens is 233 g/mol. The topological polar surface area (TPSA) is 26.3 Å². The number of halogens is 4. The van der Waals surface area contributed by atoms with Crippen LogP contribution in [0, 0.1) is 6.92 Å². The number of rotatable bonds is 2. The summed E-state index contributed by atoms with van der Waals surface area (Å²) in [6.45, 7) is 1.63. The second-order valence-corrected chi connectivity index (χ2v) is 3.16. The molecule has 0 N–H and O–H groups in total. The standard InChI is InChI=1S/C9H6ClF3O2/c1-5-2-3-7(15-9(11,12)13)6(4-5)8(10)14/h2-4H,1H3. The summed E-state index contributed by atoms with van der Waals surface area (Å²) in [5, 5.41) is -0.988. The van der Waals surface area contributed by atoms with Crippen molar-refractivity contribution >= 4 is 16.8 Å². The van der Waals surface area contributed by atoms with Gasteiger partial charge in [0.05, 0.1) is 5.56 Å².